The van der Waals surface area contributed by atoms with Gasteiger partial charge in [0, 0.05) is 22.4 Å². The molecule has 4 aromatic rings. The Labute approximate surface area is 103 Å². The Morgan fingerprint density at radius 2 is 1.56 bits per heavy atom. The van der Waals surface area contributed by atoms with Crippen LogP contribution in [0.1, 0.15) is 0 Å². The van der Waals surface area contributed by atoms with Crippen LogP contribution in [0.5, 0.6) is 0 Å². The summed E-state index contributed by atoms with van der Waals surface area (Å²) in [5.41, 5.74) is 2.90. The maximum atomic E-state index is 4.70. The number of rotatable bonds is 0. The number of fused-ring (bicyclic) bond motifs is 5. The normalized spacial score (nSPS) is 11.3. The number of aromatic nitrogens is 3. The van der Waals surface area contributed by atoms with Gasteiger partial charge in [-0.15, -0.1) is 0 Å². The van der Waals surface area contributed by atoms with Crippen molar-refractivity contribution in [3.8, 4) is 0 Å². The Morgan fingerprint density at radius 1 is 0.667 bits per heavy atom. The van der Waals surface area contributed by atoms with E-state index in [1.807, 2.05) is 36.4 Å². The minimum atomic E-state index is 0.871. The van der Waals surface area contributed by atoms with E-state index in [-0.39, 0.29) is 0 Å². The zero-order valence-electron chi connectivity index (χ0n) is 9.54. The second kappa shape index (κ2) is 3.47. The van der Waals surface area contributed by atoms with E-state index in [0.717, 1.165) is 21.9 Å². The molecule has 0 fully saturated rings. The highest BCUT2D eigenvalue weighted by Crippen LogP contribution is 2.29. The summed E-state index contributed by atoms with van der Waals surface area (Å²) in [6.07, 6.45) is 1.69. The average Bonchev–Trinajstić information content (AvgIpc) is 2.62. The van der Waals surface area contributed by atoms with Gasteiger partial charge in [0.25, 0.3) is 0 Å². The lowest BCUT2D eigenvalue weighted by molar-refractivity contribution is 1.09. The van der Waals surface area contributed by atoms with Gasteiger partial charge in [-0.2, -0.15) is 10.2 Å². The minimum absolute atomic E-state index is 0.871. The van der Waals surface area contributed by atoms with E-state index >= 15 is 0 Å². The molecule has 2 heterocycles. The maximum Gasteiger partial charge on any atom is 0.0951 e. The van der Waals surface area contributed by atoms with Crippen molar-refractivity contribution >= 4 is 32.7 Å². The average molecular weight is 231 g/mol. The van der Waals surface area contributed by atoms with Gasteiger partial charge >= 0.3 is 0 Å². The highest BCUT2D eigenvalue weighted by Gasteiger charge is 2.07. The number of nitrogens with zero attached hydrogens (tertiary/aromatic N) is 3. The third kappa shape index (κ3) is 1.21. The van der Waals surface area contributed by atoms with Crippen LogP contribution in [0.3, 0.4) is 0 Å². The third-order valence-electron chi connectivity index (χ3n) is 3.20. The molecule has 0 radical (unpaired) electrons. The largest absolute Gasteiger partial charge is 0.247 e. The molecule has 0 saturated heterocycles. The molecule has 0 aliphatic heterocycles. The summed E-state index contributed by atoms with van der Waals surface area (Å²) in [5.74, 6) is 0. The van der Waals surface area contributed by atoms with Gasteiger partial charge in [-0.1, -0.05) is 18.2 Å². The lowest BCUT2D eigenvalue weighted by Gasteiger charge is -1.93. The number of benzene rings is 2. The van der Waals surface area contributed by atoms with Gasteiger partial charge in [0.05, 0.1) is 16.6 Å². The van der Waals surface area contributed by atoms with E-state index in [1.165, 1.54) is 10.8 Å². The van der Waals surface area contributed by atoms with Crippen molar-refractivity contribution in [3.05, 3.63) is 54.7 Å². The van der Waals surface area contributed by atoms with Gasteiger partial charge in [0.15, 0.2) is 0 Å². The van der Waals surface area contributed by atoms with E-state index < -0.39 is 0 Å². The van der Waals surface area contributed by atoms with Gasteiger partial charge < -0.3 is 0 Å². The molecular formula is C15H9N3. The quantitative estimate of drug-likeness (QED) is 0.466. The van der Waals surface area contributed by atoms with Crippen molar-refractivity contribution in [3.63, 3.8) is 0 Å². The highest BCUT2D eigenvalue weighted by atomic mass is 15.1. The van der Waals surface area contributed by atoms with Crippen molar-refractivity contribution in [1.29, 1.82) is 0 Å². The summed E-state index contributed by atoms with van der Waals surface area (Å²) in [6, 6.07) is 16.2. The summed E-state index contributed by atoms with van der Waals surface area (Å²) < 4.78 is 0. The molecule has 0 amide bonds. The van der Waals surface area contributed by atoms with Crippen molar-refractivity contribution < 1.29 is 0 Å². The first kappa shape index (κ1) is 9.48. The second-order valence-electron chi connectivity index (χ2n) is 4.25. The van der Waals surface area contributed by atoms with Crippen LogP contribution in [0.2, 0.25) is 0 Å². The molecule has 0 N–H and O–H groups in total. The molecule has 0 spiro atoms. The van der Waals surface area contributed by atoms with Gasteiger partial charge in [-0.3, -0.25) is 0 Å². The Morgan fingerprint density at radius 3 is 2.56 bits per heavy atom. The molecule has 4 rings (SSSR count). The smallest absolute Gasteiger partial charge is 0.0951 e. The molecule has 0 unspecified atom stereocenters. The Kier molecular flexibility index (Phi) is 1.83. The molecule has 3 nitrogen and oxygen atoms in total. The molecule has 0 saturated carbocycles. The number of hydrogen-bond acceptors (Lipinski definition) is 3. The van der Waals surface area contributed by atoms with E-state index in [4.69, 9.17) is 4.98 Å². The summed E-state index contributed by atoms with van der Waals surface area (Å²) >= 11 is 0. The van der Waals surface area contributed by atoms with E-state index in [0.29, 0.717) is 0 Å². The van der Waals surface area contributed by atoms with Crippen LogP contribution in [0.4, 0.5) is 0 Å². The predicted octanol–water partition coefficient (Wildman–Crippen LogP) is 3.33. The lowest BCUT2D eigenvalue weighted by Crippen LogP contribution is -1.76. The van der Waals surface area contributed by atoms with Crippen LogP contribution >= 0.6 is 0 Å². The molecule has 0 bridgehead atoms. The van der Waals surface area contributed by atoms with Crippen LogP contribution in [0, 0.1) is 0 Å². The van der Waals surface area contributed by atoms with E-state index in [2.05, 4.69) is 22.3 Å². The highest BCUT2D eigenvalue weighted by molar-refractivity contribution is 6.16. The van der Waals surface area contributed by atoms with Crippen LogP contribution in [0.15, 0.2) is 54.7 Å². The van der Waals surface area contributed by atoms with Crippen molar-refractivity contribution in [2.75, 3.05) is 0 Å². The third-order valence-corrected chi connectivity index (χ3v) is 3.20. The summed E-state index contributed by atoms with van der Waals surface area (Å²) in [4.78, 5) is 4.70. The molecule has 0 aliphatic rings. The van der Waals surface area contributed by atoms with E-state index in [1.54, 1.807) is 6.20 Å². The van der Waals surface area contributed by atoms with Crippen molar-refractivity contribution in [2.24, 2.45) is 0 Å². The molecule has 0 aliphatic carbocycles. The molecule has 84 valence electrons. The van der Waals surface area contributed by atoms with Crippen molar-refractivity contribution in [1.82, 2.24) is 15.2 Å². The SMILES string of the molecule is c1ccc2c(c1)nc1c3cccnnc3ccc21. The molecule has 2 aromatic heterocycles. The summed E-state index contributed by atoms with van der Waals surface area (Å²) in [6.45, 7) is 0. The van der Waals surface area contributed by atoms with E-state index in [9.17, 15) is 0 Å². The fraction of sp³-hybridized carbons (Fsp3) is 0. The first-order chi connectivity index (χ1) is 8.93. The molecule has 3 heteroatoms. The lowest BCUT2D eigenvalue weighted by atomic mass is 10.1. The minimum Gasteiger partial charge on any atom is -0.247 e. The van der Waals surface area contributed by atoms with Gasteiger partial charge in [-0.05, 0) is 30.3 Å². The number of para-hydroxylation sites is 1. The fourth-order valence-electron chi connectivity index (χ4n) is 2.38. The van der Waals surface area contributed by atoms with Crippen LogP contribution in [0.25, 0.3) is 32.7 Å². The Bertz CT molecular complexity index is 884. The Balaban J connectivity index is 2.33. The van der Waals surface area contributed by atoms with Crippen molar-refractivity contribution in [2.45, 2.75) is 0 Å². The number of hydrogen-bond donors (Lipinski definition) is 0. The molecular weight excluding hydrogens is 222 g/mol. The zero-order chi connectivity index (χ0) is 11.9. The Hall–Kier alpha value is -2.55. The summed E-state index contributed by atoms with van der Waals surface area (Å²) in [7, 11) is 0. The van der Waals surface area contributed by atoms with Gasteiger partial charge in [0.1, 0.15) is 0 Å². The van der Waals surface area contributed by atoms with Gasteiger partial charge in [-0.25, -0.2) is 4.98 Å². The van der Waals surface area contributed by atoms with Crippen LogP contribution in [-0.2, 0) is 0 Å². The standard InChI is InChI=1S/C15H9N3/c1-2-6-13-10(4-1)11-7-8-14-12(15(11)17-13)5-3-9-16-18-14/h1-9H. The van der Waals surface area contributed by atoms with Gasteiger partial charge in [0.2, 0.25) is 0 Å². The topological polar surface area (TPSA) is 38.7 Å². The molecule has 18 heavy (non-hydrogen) atoms. The van der Waals surface area contributed by atoms with Crippen LogP contribution in [-0.4, -0.2) is 15.2 Å². The monoisotopic (exact) mass is 231 g/mol. The predicted molar refractivity (Wildman–Crippen MR) is 72.3 cm³/mol. The molecule has 2 aromatic carbocycles. The summed E-state index contributed by atoms with van der Waals surface area (Å²) in [5, 5.41) is 11.5. The first-order valence-electron chi connectivity index (χ1n) is 5.82. The zero-order valence-corrected chi connectivity index (χ0v) is 9.54. The fourth-order valence-corrected chi connectivity index (χ4v) is 2.38. The molecule has 0 atom stereocenters. The maximum absolute atomic E-state index is 4.70. The first-order valence-corrected chi connectivity index (χ1v) is 5.82. The van der Waals surface area contributed by atoms with Crippen LogP contribution < -0.4 is 0 Å². The second-order valence-corrected chi connectivity index (χ2v) is 4.25.